The average Bonchev–Trinajstić information content (AvgIpc) is 2.99. The lowest BCUT2D eigenvalue weighted by Crippen LogP contribution is -2.61. The van der Waals surface area contributed by atoms with Crippen LogP contribution in [-0.2, 0) is 57.1 Å². The monoisotopic (exact) mass is 635 g/mol. The number of hydrogen-bond acceptors (Lipinski definition) is 15. The van der Waals surface area contributed by atoms with Gasteiger partial charge in [-0.1, -0.05) is 6.92 Å². The van der Waals surface area contributed by atoms with Crippen molar-refractivity contribution in [1.82, 2.24) is 5.32 Å². The molecular formula is C27H38FNO15. The first-order chi connectivity index (χ1) is 20.9. The van der Waals surface area contributed by atoms with Crippen LogP contribution < -0.4 is 5.32 Å². The van der Waals surface area contributed by atoms with Crippen molar-refractivity contribution in [2.75, 3.05) is 41.2 Å². The first-order valence-corrected chi connectivity index (χ1v) is 13.9. The van der Waals surface area contributed by atoms with Crippen LogP contribution in [-0.4, -0.2) is 135 Å². The molecule has 0 radical (unpaired) electrons. The largest absolute Gasteiger partial charge is 0.467 e. The molecule has 17 heteroatoms. The van der Waals surface area contributed by atoms with E-state index in [1.807, 2.05) is 0 Å². The summed E-state index contributed by atoms with van der Waals surface area (Å²) >= 11 is 0. The van der Waals surface area contributed by atoms with Gasteiger partial charge in [0.15, 0.2) is 24.1 Å². The van der Waals surface area contributed by atoms with Gasteiger partial charge in [-0.05, 0) is 12.5 Å². The quantitative estimate of drug-likeness (QED) is 0.100. The topological polar surface area (TPSA) is 223 Å². The molecule has 2 amide bonds. The minimum atomic E-state index is -1.64. The van der Waals surface area contributed by atoms with E-state index in [-0.39, 0.29) is 6.61 Å². The third kappa shape index (κ3) is 7.96. The second-order valence-electron chi connectivity index (χ2n) is 10.5. The fraction of sp³-hybridized carbons (Fsp3) is 0.741. The van der Waals surface area contributed by atoms with Gasteiger partial charge in [0.1, 0.15) is 24.4 Å². The summed E-state index contributed by atoms with van der Waals surface area (Å²) in [5.41, 5.74) is 0. The van der Waals surface area contributed by atoms with Crippen LogP contribution in [0.5, 0.6) is 0 Å². The predicted octanol–water partition coefficient (Wildman–Crippen LogP) is -2.32. The highest BCUT2D eigenvalue weighted by molar-refractivity contribution is 6.07. The van der Waals surface area contributed by atoms with Crippen molar-refractivity contribution in [2.45, 2.75) is 68.6 Å². The van der Waals surface area contributed by atoms with E-state index < -0.39 is 122 Å². The van der Waals surface area contributed by atoms with E-state index in [4.69, 9.17) is 33.2 Å². The van der Waals surface area contributed by atoms with Gasteiger partial charge in [0.05, 0.1) is 52.5 Å². The molecule has 2 fully saturated rings. The van der Waals surface area contributed by atoms with Crippen LogP contribution in [0.3, 0.4) is 0 Å². The zero-order valence-corrected chi connectivity index (χ0v) is 24.6. The van der Waals surface area contributed by atoms with E-state index in [2.05, 4.69) is 0 Å². The van der Waals surface area contributed by atoms with Crippen molar-refractivity contribution in [3.05, 3.63) is 11.9 Å². The predicted molar refractivity (Wildman–Crippen MR) is 140 cm³/mol. The summed E-state index contributed by atoms with van der Waals surface area (Å²) in [5, 5.41) is 34.2. The number of ether oxygens (including phenoxy) is 7. The first kappa shape index (κ1) is 35.4. The minimum Gasteiger partial charge on any atom is -0.467 e. The number of amides is 2. The number of methoxy groups -OCH3 is 3. The maximum atomic E-state index is 13.7. The summed E-state index contributed by atoms with van der Waals surface area (Å²) in [5.74, 6) is -9.44. The molecule has 44 heavy (non-hydrogen) atoms. The highest BCUT2D eigenvalue weighted by Gasteiger charge is 2.51. The number of halogens is 1. The molecule has 0 aromatic carbocycles. The second kappa shape index (κ2) is 15.8. The number of imide groups is 1. The summed E-state index contributed by atoms with van der Waals surface area (Å²) in [4.78, 5) is 61.0. The van der Waals surface area contributed by atoms with Gasteiger partial charge in [-0.3, -0.25) is 19.7 Å². The summed E-state index contributed by atoms with van der Waals surface area (Å²) in [6, 6.07) is 0. The van der Waals surface area contributed by atoms with Gasteiger partial charge in [-0.25, -0.2) is 14.0 Å². The third-order valence-corrected chi connectivity index (χ3v) is 7.79. The Labute approximate surface area is 251 Å². The Kier molecular flexibility index (Phi) is 12.7. The molecule has 0 aromatic rings. The van der Waals surface area contributed by atoms with Gasteiger partial charge in [-0.2, -0.15) is 0 Å². The molecule has 5 unspecified atom stereocenters. The van der Waals surface area contributed by atoms with E-state index in [0.29, 0.717) is 12.5 Å². The number of hydrogen-bond donors (Lipinski definition) is 4. The number of esters is 3. The van der Waals surface area contributed by atoms with Crippen molar-refractivity contribution in [2.24, 2.45) is 17.8 Å². The molecule has 0 aliphatic carbocycles. The Morgan fingerprint density at radius 1 is 0.886 bits per heavy atom. The summed E-state index contributed by atoms with van der Waals surface area (Å²) in [7, 11) is 3.53. The number of carbonyl (C=O) groups is 5. The molecule has 16 nitrogen and oxygen atoms in total. The molecule has 11 atom stereocenters. The SMILES string of the molecule is CC[C@H]1C(C(=O)OC)O[C@@H](COC[C@@H]2C(C(=O)OC)O[C@H](COC)C(OC(=O)CC3C=C(F)C(=O)NC3=O)[C@H]2O)C(O)[C@H]1O. The Hall–Kier alpha value is -3.06. The van der Waals surface area contributed by atoms with Crippen LogP contribution in [0.1, 0.15) is 19.8 Å². The average molecular weight is 636 g/mol. The minimum absolute atomic E-state index is 0.253. The van der Waals surface area contributed by atoms with E-state index in [9.17, 15) is 43.7 Å². The third-order valence-electron chi connectivity index (χ3n) is 7.79. The molecule has 0 spiro atoms. The number of rotatable bonds is 12. The molecule has 0 aromatic heterocycles. The Bertz CT molecular complexity index is 1100. The van der Waals surface area contributed by atoms with Gasteiger partial charge in [0.25, 0.3) is 5.91 Å². The van der Waals surface area contributed by atoms with Crippen molar-refractivity contribution in [3.63, 3.8) is 0 Å². The normalized spacial score (nSPS) is 35.7. The van der Waals surface area contributed by atoms with Crippen LogP contribution >= 0.6 is 0 Å². The first-order valence-electron chi connectivity index (χ1n) is 13.9. The maximum Gasteiger partial charge on any atom is 0.335 e. The summed E-state index contributed by atoms with van der Waals surface area (Å²) in [6.45, 7) is 0.599. The Morgan fingerprint density at radius 3 is 2.09 bits per heavy atom. The van der Waals surface area contributed by atoms with Gasteiger partial charge in [-0.15, -0.1) is 0 Å². The molecule has 3 heterocycles. The number of nitrogens with one attached hydrogen (secondary N) is 1. The van der Waals surface area contributed by atoms with Crippen LogP contribution in [0.4, 0.5) is 4.39 Å². The highest BCUT2D eigenvalue weighted by Crippen LogP contribution is 2.32. The van der Waals surface area contributed by atoms with Crippen molar-refractivity contribution < 1.29 is 76.8 Å². The van der Waals surface area contributed by atoms with Gasteiger partial charge < -0.3 is 48.5 Å². The second-order valence-corrected chi connectivity index (χ2v) is 10.5. The molecule has 3 aliphatic rings. The zero-order chi connectivity index (χ0) is 32.7. The van der Waals surface area contributed by atoms with Crippen molar-refractivity contribution >= 4 is 29.7 Å². The standard InChI is InChI=1S/C27H38FNO15/c1-5-12-18(31)20(33)15(42-21(12)26(36)39-3)10-41-8-13-19(32)23(16(9-38-2)43-22(13)27(37)40-4)44-17(30)7-11-6-14(28)25(35)29-24(11)34/h6,11-13,15-16,18-23,31-33H,5,7-10H2,1-4H3,(H,29,34,35)/t11?,12-,13+,15+,16-,18+,19+,20?,21?,22?,23?/m1/s1. The lowest BCUT2D eigenvalue weighted by Gasteiger charge is -2.43. The lowest BCUT2D eigenvalue weighted by molar-refractivity contribution is -0.243. The molecule has 3 rings (SSSR count). The summed E-state index contributed by atoms with van der Waals surface area (Å²) < 4.78 is 50.9. The molecule has 0 saturated carbocycles. The van der Waals surface area contributed by atoms with Crippen LogP contribution in [0.15, 0.2) is 11.9 Å². The van der Waals surface area contributed by atoms with Crippen molar-refractivity contribution in [3.8, 4) is 0 Å². The van der Waals surface area contributed by atoms with Gasteiger partial charge in [0.2, 0.25) is 5.91 Å². The molecule has 2 saturated heterocycles. The van der Waals surface area contributed by atoms with Crippen LogP contribution in [0.25, 0.3) is 0 Å². The van der Waals surface area contributed by atoms with Crippen LogP contribution in [0, 0.1) is 17.8 Å². The fourth-order valence-electron chi connectivity index (χ4n) is 5.39. The van der Waals surface area contributed by atoms with E-state index in [0.717, 1.165) is 14.2 Å². The van der Waals surface area contributed by atoms with Crippen molar-refractivity contribution in [1.29, 1.82) is 0 Å². The Morgan fingerprint density at radius 2 is 1.50 bits per heavy atom. The van der Waals surface area contributed by atoms with E-state index in [1.165, 1.54) is 7.11 Å². The van der Waals surface area contributed by atoms with E-state index >= 15 is 0 Å². The molecule has 3 aliphatic heterocycles. The van der Waals surface area contributed by atoms with Gasteiger partial charge >= 0.3 is 17.9 Å². The maximum absolute atomic E-state index is 13.7. The number of aliphatic hydroxyl groups excluding tert-OH is 3. The molecular weight excluding hydrogens is 597 g/mol. The summed E-state index contributed by atoms with van der Waals surface area (Å²) in [6.07, 6.45) is -10.6. The lowest BCUT2D eigenvalue weighted by atomic mass is 9.84. The smallest absolute Gasteiger partial charge is 0.335 e. The van der Waals surface area contributed by atoms with E-state index in [1.54, 1.807) is 12.2 Å². The molecule has 4 N–H and O–H groups in total. The highest BCUT2D eigenvalue weighted by atomic mass is 19.1. The number of carbonyl (C=O) groups excluding carboxylic acids is 5. The molecule has 0 bridgehead atoms. The van der Waals surface area contributed by atoms with Gasteiger partial charge in [0, 0.05) is 18.9 Å². The fourth-order valence-corrected chi connectivity index (χ4v) is 5.39. The zero-order valence-electron chi connectivity index (χ0n) is 24.6. The van der Waals surface area contributed by atoms with Crippen LogP contribution in [0.2, 0.25) is 0 Å². The number of aliphatic hydroxyl groups is 3. The molecule has 248 valence electrons. The Balaban J connectivity index is 1.74.